The van der Waals surface area contributed by atoms with Gasteiger partial charge in [0.05, 0.1) is 6.54 Å². The molecule has 0 aliphatic heterocycles. The topological polar surface area (TPSA) is 61.4 Å². The Morgan fingerprint density at radius 3 is 2.52 bits per heavy atom. The number of nitrogens with one attached hydrogen (secondary N) is 2. The summed E-state index contributed by atoms with van der Waals surface area (Å²) in [5.74, 6) is -0.319. The molecule has 0 spiro atoms. The molecule has 0 saturated heterocycles. The average molecular weight is 312 g/mol. The number of hydrogen-bond acceptors (Lipinski definition) is 3. The highest BCUT2D eigenvalue weighted by atomic mass is 35.5. The molecule has 0 heterocycles. The zero-order valence-electron chi connectivity index (χ0n) is 12.5. The van der Waals surface area contributed by atoms with Crippen molar-refractivity contribution in [3.05, 3.63) is 34.9 Å². The molecule has 0 radical (unpaired) electrons. The number of likely N-dealkylation sites (N-methyl/N-ethyl adjacent to an activating group) is 1. The van der Waals surface area contributed by atoms with Gasteiger partial charge in [-0.05, 0) is 31.2 Å². The van der Waals surface area contributed by atoms with E-state index in [0.717, 1.165) is 18.4 Å². The number of amides is 3. The van der Waals surface area contributed by atoms with Gasteiger partial charge in [-0.3, -0.25) is 15.0 Å². The first-order chi connectivity index (χ1) is 10.0. The van der Waals surface area contributed by atoms with E-state index in [0.29, 0.717) is 18.1 Å². The lowest BCUT2D eigenvalue weighted by Crippen LogP contribution is -2.43. The van der Waals surface area contributed by atoms with E-state index in [4.69, 9.17) is 11.6 Å². The fraction of sp³-hybridized carbons (Fsp3) is 0.467. The lowest BCUT2D eigenvalue weighted by molar-refractivity contribution is -0.120. The van der Waals surface area contributed by atoms with Crippen LogP contribution in [0.5, 0.6) is 0 Å². The molecule has 0 bridgehead atoms. The van der Waals surface area contributed by atoms with Gasteiger partial charge < -0.3 is 5.32 Å². The molecule has 1 aromatic rings. The van der Waals surface area contributed by atoms with Crippen molar-refractivity contribution in [1.29, 1.82) is 0 Å². The predicted octanol–water partition coefficient (Wildman–Crippen LogP) is 2.40. The number of imide groups is 1. The van der Waals surface area contributed by atoms with Crippen molar-refractivity contribution in [2.45, 2.75) is 26.3 Å². The first-order valence-corrected chi connectivity index (χ1v) is 7.39. The fourth-order valence-electron chi connectivity index (χ4n) is 1.79. The highest BCUT2D eigenvalue weighted by Gasteiger charge is 2.10. The number of carbonyl (C=O) groups excluding carboxylic acids is 2. The molecule has 0 fully saturated rings. The van der Waals surface area contributed by atoms with Gasteiger partial charge in [-0.25, -0.2) is 4.79 Å². The Labute approximate surface area is 130 Å². The van der Waals surface area contributed by atoms with Crippen LogP contribution in [0.2, 0.25) is 5.02 Å². The number of nitrogens with zero attached hydrogens (tertiary/aromatic N) is 1. The van der Waals surface area contributed by atoms with Gasteiger partial charge in [-0.15, -0.1) is 0 Å². The summed E-state index contributed by atoms with van der Waals surface area (Å²) in [6, 6.07) is 7.01. The zero-order valence-corrected chi connectivity index (χ0v) is 13.2. The van der Waals surface area contributed by atoms with E-state index in [-0.39, 0.29) is 12.5 Å². The van der Waals surface area contributed by atoms with E-state index < -0.39 is 6.03 Å². The van der Waals surface area contributed by atoms with Crippen molar-refractivity contribution in [1.82, 2.24) is 15.5 Å². The Balaban J connectivity index is 2.30. The second-order valence-electron chi connectivity index (χ2n) is 4.96. The second kappa shape index (κ2) is 9.37. The Morgan fingerprint density at radius 1 is 1.24 bits per heavy atom. The van der Waals surface area contributed by atoms with Gasteiger partial charge in [0.15, 0.2) is 0 Å². The molecular formula is C15H22ClN3O2. The Morgan fingerprint density at radius 2 is 1.90 bits per heavy atom. The van der Waals surface area contributed by atoms with Crippen molar-refractivity contribution in [3.63, 3.8) is 0 Å². The molecule has 0 aliphatic carbocycles. The number of urea groups is 1. The van der Waals surface area contributed by atoms with Crippen molar-refractivity contribution >= 4 is 23.5 Å². The summed E-state index contributed by atoms with van der Waals surface area (Å²) >= 11 is 5.82. The quantitative estimate of drug-likeness (QED) is 0.760. The molecule has 0 saturated carbocycles. The summed E-state index contributed by atoms with van der Waals surface area (Å²) < 4.78 is 0. The van der Waals surface area contributed by atoms with E-state index in [1.807, 2.05) is 43.1 Å². The highest BCUT2D eigenvalue weighted by Crippen LogP contribution is 2.10. The second-order valence-corrected chi connectivity index (χ2v) is 5.39. The van der Waals surface area contributed by atoms with Gasteiger partial charge in [0, 0.05) is 18.1 Å². The summed E-state index contributed by atoms with van der Waals surface area (Å²) in [7, 11) is 1.82. The number of halogens is 1. The standard InChI is InChI=1S/C15H22ClN3O2/c1-3-4-9-17-15(21)18-14(20)11-19(2)10-12-5-7-13(16)8-6-12/h5-8H,3-4,9-11H2,1-2H3,(H2,17,18,20,21). The summed E-state index contributed by atoms with van der Waals surface area (Å²) in [6.07, 6.45) is 1.90. The van der Waals surface area contributed by atoms with Crippen molar-refractivity contribution in [2.75, 3.05) is 20.1 Å². The lowest BCUT2D eigenvalue weighted by Gasteiger charge is -2.16. The zero-order chi connectivity index (χ0) is 15.7. The monoisotopic (exact) mass is 311 g/mol. The predicted molar refractivity (Wildman–Crippen MR) is 84.2 cm³/mol. The van der Waals surface area contributed by atoms with Gasteiger partial charge in [0.25, 0.3) is 0 Å². The van der Waals surface area contributed by atoms with Gasteiger partial charge in [0.2, 0.25) is 5.91 Å². The molecule has 1 aromatic carbocycles. The number of rotatable bonds is 7. The molecule has 21 heavy (non-hydrogen) atoms. The number of carbonyl (C=O) groups is 2. The van der Waals surface area contributed by atoms with Crippen molar-refractivity contribution in [3.8, 4) is 0 Å². The van der Waals surface area contributed by atoms with Crippen molar-refractivity contribution < 1.29 is 9.59 Å². The van der Waals surface area contributed by atoms with E-state index in [1.165, 1.54) is 0 Å². The normalized spacial score (nSPS) is 10.5. The Bertz CT molecular complexity index is 462. The highest BCUT2D eigenvalue weighted by molar-refractivity contribution is 6.30. The van der Waals surface area contributed by atoms with Crippen LogP contribution in [0.3, 0.4) is 0 Å². The first kappa shape index (κ1) is 17.5. The summed E-state index contributed by atoms with van der Waals surface area (Å²) in [5.41, 5.74) is 1.06. The first-order valence-electron chi connectivity index (χ1n) is 7.02. The fourth-order valence-corrected chi connectivity index (χ4v) is 1.92. The van der Waals surface area contributed by atoms with Gasteiger partial charge in [-0.2, -0.15) is 0 Å². The Hall–Kier alpha value is -1.59. The van der Waals surface area contributed by atoms with Crippen molar-refractivity contribution in [2.24, 2.45) is 0 Å². The van der Waals surface area contributed by atoms with Gasteiger partial charge in [0.1, 0.15) is 0 Å². The number of hydrogen-bond donors (Lipinski definition) is 2. The van der Waals surface area contributed by atoms with Gasteiger partial charge in [-0.1, -0.05) is 37.1 Å². The molecule has 0 atom stereocenters. The smallest absolute Gasteiger partial charge is 0.321 e. The summed E-state index contributed by atoms with van der Waals surface area (Å²) in [4.78, 5) is 25.0. The van der Waals surface area contributed by atoms with Crippen LogP contribution in [0, 0.1) is 0 Å². The number of unbranched alkanes of at least 4 members (excludes halogenated alkanes) is 1. The van der Waals surface area contributed by atoms with Crippen LogP contribution in [0.15, 0.2) is 24.3 Å². The van der Waals surface area contributed by atoms with Crippen LogP contribution in [0.25, 0.3) is 0 Å². The van der Waals surface area contributed by atoms with E-state index >= 15 is 0 Å². The van der Waals surface area contributed by atoms with Crippen LogP contribution in [0.1, 0.15) is 25.3 Å². The molecule has 1 rings (SSSR count). The van der Waals surface area contributed by atoms with Crippen LogP contribution < -0.4 is 10.6 Å². The minimum Gasteiger partial charge on any atom is -0.338 e. The van der Waals surface area contributed by atoms with E-state index in [2.05, 4.69) is 10.6 Å². The molecule has 6 heteroatoms. The molecule has 116 valence electrons. The van der Waals surface area contributed by atoms with E-state index in [9.17, 15) is 9.59 Å². The molecule has 0 unspecified atom stereocenters. The summed E-state index contributed by atoms with van der Waals surface area (Å²) in [5, 5.41) is 5.64. The summed E-state index contributed by atoms with van der Waals surface area (Å²) in [6.45, 7) is 3.39. The number of benzene rings is 1. The third kappa shape index (κ3) is 7.68. The van der Waals surface area contributed by atoms with Crippen LogP contribution in [-0.4, -0.2) is 37.0 Å². The third-order valence-electron chi connectivity index (χ3n) is 2.85. The molecule has 5 nitrogen and oxygen atoms in total. The van der Waals surface area contributed by atoms with Crippen LogP contribution in [0.4, 0.5) is 4.79 Å². The molecule has 3 amide bonds. The van der Waals surface area contributed by atoms with Crippen LogP contribution in [-0.2, 0) is 11.3 Å². The van der Waals surface area contributed by atoms with Gasteiger partial charge >= 0.3 is 6.03 Å². The maximum Gasteiger partial charge on any atom is 0.321 e. The molecule has 0 aromatic heterocycles. The Kier molecular flexibility index (Phi) is 7.79. The largest absolute Gasteiger partial charge is 0.338 e. The van der Waals surface area contributed by atoms with E-state index in [1.54, 1.807) is 0 Å². The minimum atomic E-state index is -0.437. The van der Waals surface area contributed by atoms with Crippen LogP contribution >= 0.6 is 11.6 Å². The lowest BCUT2D eigenvalue weighted by atomic mass is 10.2. The minimum absolute atomic E-state index is 0.157. The third-order valence-corrected chi connectivity index (χ3v) is 3.10. The molecule has 0 aliphatic rings. The molecular weight excluding hydrogens is 290 g/mol. The SMILES string of the molecule is CCCCNC(=O)NC(=O)CN(C)Cc1ccc(Cl)cc1. The maximum absolute atomic E-state index is 11.7. The maximum atomic E-state index is 11.7. The average Bonchev–Trinajstić information content (AvgIpc) is 2.41. The molecule has 2 N–H and O–H groups in total.